The van der Waals surface area contributed by atoms with Crippen LogP contribution in [0.5, 0.6) is 0 Å². The van der Waals surface area contributed by atoms with Gasteiger partial charge in [0.2, 0.25) is 0 Å². The molecular formula is C16H18ClNO3S. The number of aromatic nitrogens is 1. The van der Waals surface area contributed by atoms with Gasteiger partial charge >= 0.3 is 5.97 Å². The van der Waals surface area contributed by atoms with Gasteiger partial charge in [0.15, 0.2) is 0 Å². The largest absolute Gasteiger partial charge is 0.465 e. The molecule has 22 heavy (non-hydrogen) atoms. The van der Waals surface area contributed by atoms with Gasteiger partial charge in [0.25, 0.3) is 0 Å². The quantitative estimate of drug-likeness (QED) is 0.539. The van der Waals surface area contributed by atoms with Crippen molar-refractivity contribution in [3.05, 3.63) is 40.4 Å². The van der Waals surface area contributed by atoms with Crippen LogP contribution in [-0.4, -0.2) is 31.3 Å². The molecule has 0 aliphatic rings. The number of ether oxygens (including phenoxy) is 2. The van der Waals surface area contributed by atoms with E-state index in [4.69, 9.17) is 21.1 Å². The monoisotopic (exact) mass is 339 g/mol. The zero-order valence-corrected chi connectivity index (χ0v) is 14.0. The molecule has 0 radical (unpaired) electrons. The second-order valence-corrected chi connectivity index (χ2v) is 5.99. The van der Waals surface area contributed by atoms with Crippen LogP contribution in [0.4, 0.5) is 0 Å². The summed E-state index contributed by atoms with van der Waals surface area (Å²) in [7, 11) is 1.66. The average molecular weight is 340 g/mol. The van der Waals surface area contributed by atoms with Gasteiger partial charge in [-0.1, -0.05) is 29.8 Å². The summed E-state index contributed by atoms with van der Waals surface area (Å²) in [5.41, 5.74) is 1.59. The highest BCUT2D eigenvalue weighted by Gasteiger charge is 2.11. The summed E-state index contributed by atoms with van der Waals surface area (Å²) in [6.07, 6.45) is 1.88. The minimum atomic E-state index is -0.256. The molecule has 0 saturated heterocycles. The molecule has 2 aromatic rings. The van der Waals surface area contributed by atoms with Gasteiger partial charge < -0.3 is 9.47 Å². The first-order chi connectivity index (χ1) is 10.7. The zero-order chi connectivity index (χ0) is 15.8. The van der Waals surface area contributed by atoms with Crippen molar-refractivity contribution in [1.82, 2.24) is 4.98 Å². The first kappa shape index (κ1) is 16.9. The molecule has 0 spiro atoms. The van der Waals surface area contributed by atoms with Gasteiger partial charge in [0, 0.05) is 24.7 Å². The second-order valence-electron chi connectivity index (χ2n) is 4.72. The number of thiazole rings is 1. The maximum atomic E-state index is 11.7. The van der Waals surface area contributed by atoms with Gasteiger partial charge in [0.05, 0.1) is 23.7 Å². The highest BCUT2D eigenvalue weighted by atomic mass is 35.5. The molecule has 0 aliphatic carbocycles. The van der Waals surface area contributed by atoms with Crippen molar-refractivity contribution in [2.45, 2.75) is 19.3 Å². The molecule has 0 N–H and O–H groups in total. The van der Waals surface area contributed by atoms with E-state index in [1.54, 1.807) is 7.11 Å². The molecule has 0 amide bonds. The molecule has 118 valence electrons. The maximum Gasteiger partial charge on any atom is 0.311 e. The SMILES string of the molecule is COCCCCOC(=O)Cc1csc(-c2ccccc2Cl)n1. The summed E-state index contributed by atoms with van der Waals surface area (Å²) >= 11 is 7.62. The van der Waals surface area contributed by atoms with E-state index in [1.165, 1.54) is 11.3 Å². The van der Waals surface area contributed by atoms with Gasteiger partial charge in [-0.25, -0.2) is 4.98 Å². The number of halogens is 1. The zero-order valence-electron chi connectivity index (χ0n) is 12.4. The van der Waals surface area contributed by atoms with Crippen molar-refractivity contribution < 1.29 is 14.3 Å². The second kappa shape index (κ2) is 8.88. The summed E-state index contributed by atoms with van der Waals surface area (Å²) in [6, 6.07) is 7.53. The highest BCUT2D eigenvalue weighted by molar-refractivity contribution is 7.13. The Hall–Kier alpha value is -1.43. The van der Waals surface area contributed by atoms with Gasteiger partial charge in [-0.05, 0) is 18.9 Å². The van der Waals surface area contributed by atoms with Gasteiger partial charge in [-0.2, -0.15) is 0 Å². The molecular weight excluding hydrogens is 322 g/mol. The first-order valence-corrected chi connectivity index (χ1v) is 8.30. The van der Waals surface area contributed by atoms with Gasteiger partial charge in [-0.15, -0.1) is 11.3 Å². The Morgan fingerprint density at radius 2 is 2.05 bits per heavy atom. The summed E-state index contributed by atoms with van der Waals surface area (Å²) in [5.74, 6) is -0.256. The van der Waals surface area contributed by atoms with Crippen molar-refractivity contribution >= 4 is 28.9 Å². The van der Waals surface area contributed by atoms with Crippen LogP contribution in [0.25, 0.3) is 10.6 Å². The minimum Gasteiger partial charge on any atom is -0.465 e. The predicted molar refractivity (Wildman–Crippen MR) is 88.3 cm³/mol. The normalized spacial score (nSPS) is 10.6. The molecule has 1 aromatic heterocycles. The van der Waals surface area contributed by atoms with Crippen LogP contribution in [0.2, 0.25) is 5.02 Å². The van der Waals surface area contributed by atoms with Crippen LogP contribution in [0.15, 0.2) is 29.6 Å². The number of benzene rings is 1. The third-order valence-corrected chi connectivity index (χ3v) is 4.24. The molecule has 6 heteroatoms. The first-order valence-electron chi connectivity index (χ1n) is 7.04. The minimum absolute atomic E-state index is 0.186. The number of carbonyl (C=O) groups is 1. The molecule has 1 heterocycles. The summed E-state index contributed by atoms with van der Waals surface area (Å²) in [5, 5.41) is 3.34. The lowest BCUT2D eigenvalue weighted by Crippen LogP contribution is -2.09. The Bertz CT molecular complexity index is 615. The summed E-state index contributed by atoms with van der Waals surface area (Å²) < 4.78 is 10.1. The smallest absolute Gasteiger partial charge is 0.311 e. The van der Waals surface area contributed by atoms with Crippen LogP contribution >= 0.6 is 22.9 Å². The fourth-order valence-electron chi connectivity index (χ4n) is 1.88. The standard InChI is InChI=1S/C16H18ClNO3S/c1-20-8-4-5-9-21-15(19)10-12-11-22-16(18-12)13-6-2-3-7-14(13)17/h2-3,6-7,11H,4-5,8-10H2,1H3. The summed E-state index contributed by atoms with van der Waals surface area (Å²) in [6.45, 7) is 1.11. The number of hydrogen-bond donors (Lipinski definition) is 0. The van der Waals surface area contributed by atoms with Crippen molar-refractivity contribution in [3.8, 4) is 10.6 Å². The van der Waals surface area contributed by atoms with Crippen LogP contribution < -0.4 is 0 Å². The van der Waals surface area contributed by atoms with Crippen LogP contribution in [0, 0.1) is 0 Å². The van der Waals surface area contributed by atoms with E-state index in [-0.39, 0.29) is 12.4 Å². The Morgan fingerprint density at radius 1 is 1.27 bits per heavy atom. The summed E-state index contributed by atoms with van der Waals surface area (Å²) in [4.78, 5) is 16.2. The molecule has 2 rings (SSSR count). The number of rotatable bonds is 8. The van der Waals surface area contributed by atoms with E-state index in [2.05, 4.69) is 4.98 Å². The lowest BCUT2D eigenvalue weighted by atomic mass is 10.2. The molecule has 0 unspecified atom stereocenters. The van der Waals surface area contributed by atoms with Crippen LogP contribution in [0.1, 0.15) is 18.5 Å². The molecule has 0 aliphatic heterocycles. The fourth-order valence-corrected chi connectivity index (χ4v) is 3.02. The number of methoxy groups -OCH3 is 1. The lowest BCUT2D eigenvalue weighted by molar-refractivity contribution is -0.143. The molecule has 0 bridgehead atoms. The molecule has 4 nitrogen and oxygen atoms in total. The lowest BCUT2D eigenvalue weighted by Gasteiger charge is -2.03. The molecule has 0 saturated carbocycles. The Balaban J connectivity index is 1.84. The van der Waals surface area contributed by atoms with Crippen molar-refractivity contribution in [2.24, 2.45) is 0 Å². The third-order valence-electron chi connectivity index (χ3n) is 2.99. The van der Waals surface area contributed by atoms with E-state index >= 15 is 0 Å². The Kier molecular flexibility index (Phi) is 6.83. The molecule has 0 atom stereocenters. The number of unbranched alkanes of at least 4 members (excludes halogenated alkanes) is 1. The topological polar surface area (TPSA) is 48.4 Å². The maximum absolute atomic E-state index is 11.7. The van der Waals surface area contributed by atoms with E-state index in [9.17, 15) is 4.79 Å². The van der Waals surface area contributed by atoms with Gasteiger partial charge in [-0.3, -0.25) is 4.79 Å². The number of esters is 1. The molecule has 0 fully saturated rings. The van der Waals surface area contributed by atoms with Gasteiger partial charge in [0.1, 0.15) is 5.01 Å². The highest BCUT2D eigenvalue weighted by Crippen LogP contribution is 2.30. The Labute approximate surface area is 139 Å². The Morgan fingerprint density at radius 3 is 2.82 bits per heavy atom. The fraction of sp³-hybridized carbons (Fsp3) is 0.375. The van der Waals surface area contributed by atoms with E-state index in [1.807, 2.05) is 29.6 Å². The van der Waals surface area contributed by atoms with Crippen LogP contribution in [0.3, 0.4) is 0 Å². The average Bonchev–Trinajstić information content (AvgIpc) is 2.95. The van der Waals surface area contributed by atoms with Crippen molar-refractivity contribution in [3.63, 3.8) is 0 Å². The number of carbonyl (C=O) groups excluding carboxylic acids is 1. The molecule has 1 aromatic carbocycles. The van der Waals surface area contributed by atoms with E-state index < -0.39 is 0 Å². The number of nitrogens with zero attached hydrogens (tertiary/aromatic N) is 1. The van der Waals surface area contributed by atoms with Crippen molar-refractivity contribution in [1.29, 1.82) is 0 Å². The number of hydrogen-bond acceptors (Lipinski definition) is 5. The van der Waals surface area contributed by atoms with Crippen LogP contribution in [-0.2, 0) is 20.7 Å². The van der Waals surface area contributed by atoms with E-state index in [0.717, 1.165) is 23.4 Å². The third kappa shape index (κ3) is 5.09. The predicted octanol–water partition coefficient (Wildman–Crippen LogP) is 3.98. The van der Waals surface area contributed by atoms with E-state index in [0.29, 0.717) is 23.9 Å². The van der Waals surface area contributed by atoms with Crippen molar-refractivity contribution in [2.75, 3.05) is 20.3 Å².